The van der Waals surface area contributed by atoms with Gasteiger partial charge in [-0.3, -0.25) is 4.79 Å². The SMILES string of the molecule is CCOc1cc2c(cc1OCC)[C@@H](CC(=O)OC)N(C(=O)Nc1ccc(Cl)cc1)CC2. The molecule has 0 aliphatic carbocycles. The molecule has 2 aromatic rings. The van der Waals surface area contributed by atoms with E-state index in [4.69, 9.17) is 25.8 Å². The molecule has 0 bridgehead atoms. The third-order valence-electron chi connectivity index (χ3n) is 5.11. The molecule has 7 nitrogen and oxygen atoms in total. The smallest absolute Gasteiger partial charge is 0.322 e. The van der Waals surface area contributed by atoms with E-state index in [1.807, 2.05) is 26.0 Å². The van der Waals surface area contributed by atoms with E-state index in [2.05, 4.69) is 5.32 Å². The number of urea groups is 1. The molecule has 0 radical (unpaired) electrons. The van der Waals surface area contributed by atoms with Crippen LogP contribution in [0.2, 0.25) is 5.02 Å². The minimum Gasteiger partial charge on any atom is -0.490 e. The Morgan fingerprint density at radius 3 is 2.35 bits per heavy atom. The molecule has 1 aliphatic rings. The van der Waals surface area contributed by atoms with E-state index >= 15 is 0 Å². The van der Waals surface area contributed by atoms with Gasteiger partial charge in [0.1, 0.15) is 0 Å². The van der Waals surface area contributed by atoms with E-state index in [0.29, 0.717) is 48.4 Å². The second-order valence-corrected chi connectivity index (χ2v) is 7.48. The number of rotatable bonds is 7. The lowest BCUT2D eigenvalue weighted by atomic mass is 9.90. The number of esters is 1. The van der Waals surface area contributed by atoms with Crippen LogP contribution in [0.3, 0.4) is 0 Å². The highest BCUT2D eigenvalue weighted by Crippen LogP contribution is 2.40. The molecule has 3 rings (SSSR count). The fourth-order valence-corrected chi connectivity index (χ4v) is 3.80. The van der Waals surface area contributed by atoms with Gasteiger partial charge in [-0.2, -0.15) is 0 Å². The Balaban J connectivity index is 1.94. The predicted octanol–water partition coefficient (Wildman–Crippen LogP) is 4.83. The van der Waals surface area contributed by atoms with Crippen molar-refractivity contribution in [2.75, 3.05) is 32.2 Å². The van der Waals surface area contributed by atoms with Gasteiger partial charge in [0.2, 0.25) is 0 Å². The number of carbonyl (C=O) groups is 2. The summed E-state index contributed by atoms with van der Waals surface area (Å²) in [4.78, 5) is 26.9. The van der Waals surface area contributed by atoms with Crippen LogP contribution in [-0.4, -0.2) is 43.8 Å². The Morgan fingerprint density at radius 1 is 1.10 bits per heavy atom. The van der Waals surface area contributed by atoms with Gasteiger partial charge in [-0.05, 0) is 67.8 Å². The summed E-state index contributed by atoms with van der Waals surface area (Å²) in [6.45, 7) is 5.25. The monoisotopic (exact) mass is 446 g/mol. The van der Waals surface area contributed by atoms with Crippen molar-refractivity contribution in [1.82, 2.24) is 4.90 Å². The van der Waals surface area contributed by atoms with E-state index in [0.717, 1.165) is 11.1 Å². The van der Waals surface area contributed by atoms with Crippen LogP contribution in [0.15, 0.2) is 36.4 Å². The van der Waals surface area contributed by atoms with Crippen molar-refractivity contribution in [3.8, 4) is 11.5 Å². The van der Waals surface area contributed by atoms with Gasteiger partial charge in [0.15, 0.2) is 11.5 Å². The van der Waals surface area contributed by atoms with Gasteiger partial charge in [-0.25, -0.2) is 4.79 Å². The van der Waals surface area contributed by atoms with E-state index in [1.54, 1.807) is 29.2 Å². The summed E-state index contributed by atoms with van der Waals surface area (Å²) in [6, 6.07) is 9.91. The number of nitrogens with zero attached hydrogens (tertiary/aromatic N) is 1. The van der Waals surface area contributed by atoms with Crippen molar-refractivity contribution >= 4 is 29.3 Å². The van der Waals surface area contributed by atoms with Crippen LogP contribution in [0.5, 0.6) is 11.5 Å². The fraction of sp³-hybridized carbons (Fsp3) is 0.391. The summed E-state index contributed by atoms with van der Waals surface area (Å²) in [5.41, 5.74) is 2.50. The Hall–Kier alpha value is -2.93. The summed E-state index contributed by atoms with van der Waals surface area (Å²) >= 11 is 5.93. The number of hydrogen-bond acceptors (Lipinski definition) is 5. The van der Waals surface area contributed by atoms with Crippen molar-refractivity contribution in [3.63, 3.8) is 0 Å². The van der Waals surface area contributed by atoms with E-state index < -0.39 is 12.0 Å². The predicted molar refractivity (Wildman–Crippen MR) is 119 cm³/mol. The lowest BCUT2D eigenvalue weighted by Crippen LogP contribution is -2.43. The molecule has 2 aromatic carbocycles. The highest BCUT2D eigenvalue weighted by atomic mass is 35.5. The van der Waals surface area contributed by atoms with Crippen LogP contribution in [0.25, 0.3) is 0 Å². The first-order chi connectivity index (χ1) is 15.0. The number of ether oxygens (including phenoxy) is 3. The normalized spacial score (nSPS) is 15.1. The highest BCUT2D eigenvalue weighted by molar-refractivity contribution is 6.30. The van der Waals surface area contributed by atoms with Gasteiger partial charge in [0.25, 0.3) is 0 Å². The summed E-state index contributed by atoms with van der Waals surface area (Å²) in [5.74, 6) is 0.867. The van der Waals surface area contributed by atoms with Crippen LogP contribution >= 0.6 is 11.6 Å². The number of hydrogen-bond donors (Lipinski definition) is 1. The Labute approximate surface area is 187 Å². The molecule has 1 heterocycles. The molecule has 1 N–H and O–H groups in total. The van der Waals surface area contributed by atoms with Crippen molar-refractivity contribution in [3.05, 3.63) is 52.5 Å². The summed E-state index contributed by atoms with van der Waals surface area (Å²) in [6.07, 6.45) is 0.671. The van der Waals surface area contributed by atoms with Gasteiger partial charge >= 0.3 is 12.0 Å². The number of fused-ring (bicyclic) bond motifs is 1. The van der Waals surface area contributed by atoms with Gasteiger partial charge in [0, 0.05) is 17.3 Å². The number of methoxy groups -OCH3 is 1. The second kappa shape index (κ2) is 10.4. The first kappa shape index (κ1) is 22.7. The van der Waals surface area contributed by atoms with E-state index in [-0.39, 0.29) is 12.5 Å². The molecule has 0 aromatic heterocycles. The largest absolute Gasteiger partial charge is 0.490 e. The Morgan fingerprint density at radius 2 is 1.74 bits per heavy atom. The van der Waals surface area contributed by atoms with Crippen LogP contribution in [0.4, 0.5) is 10.5 Å². The number of nitrogens with one attached hydrogen (secondary N) is 1. The molecule has 0 fully saturated rings. The summed E-state index contributed by atoms with van der Waals surface area (Å²) in [7, 11) is 1.34. The molecule has 166 valence electrons. The van der Waals surface area contributed by atoms with Crippen LogP contribution in [0.1, 0.15) is 37.4 Å². The van der Waals surface area contributed by atoms with E-state index in [9.17, 15) is 9.59 Å². The number of halogens is 1. The minimum absolute atomic E-state index is 0.0388. The molecule has 2 amide bonds. The Bertz CT molecular complexity index is 932. The zero-order valence-electron chi connectivity index (χ0n) is 17.9. The third-order valence-corrected chi connectivity index (χ3v) is 5.36. The standard InChI is InChI=1S/C23H27ClN2O5/c1-4-30-20-12-15-10-11-26(23(28)25-17-8-6-16(24)7-9-17)19(14-22(27)29-3)18(15)13-21(20)31-5-2/h6-9,12-13,19H,4-5,10-11,14H2,1-3H3,(H,25,28)/t19-/m1/s1. The molecular formula is C23H27ClN2O5. The molecular weight excluding hydrogens is 420 g/mol. The first-order valence-electron chi connectivity index (χ1n) is 10.3. The number of carbonyl (C=O) groups excluding carboxylic acids is 2. The number of anilines is 1. The molecule has 0 saturated carbocycles. The van der Waals surface area contributed by atoms with Crippen molar-refractivity contribution in [1.29, 1.82) is 0 Å². The van der Waals surface area contributed by atoms with Crippen molar-refractivity contribution < 1.29 is 23.8 Å². The average molecular weight is 447 g/mol. The lowest BCUT2D eigenvalue weighted by molar-refractivity contribution is -0.141. The van der Waals surface area contributed by atoms with Gasteiger partial charge in [0.05, 0.1) is 32.8 Å². The topological polar surface area (TPSA) is 77.1 Å². The molecule has 1 atom stereocenters. The quantitative estimate of drug-likeness (QED) is 0.616. The zero-order valence-corrected chi connectivity index (χ0v) is 18.7. The maximum atomic E-state index is 13.1. The van der Waals surface area contributed by atoms with Crippen molar-refractivity contribution in [2.45, 2.75) is 32.7 Å². The number of amides is 2. The van der Waals surface area contributed by atoms with Crippen LogP contribution in [0, 0.1) is 0 Å². The average Bonchev–Trinajstić information content (AvgIpc) is 2.76. The van der Waals surface area contributed by atoms with Gasteiger partial charge in [-0.1, -0.05) is 11.6 Å². The molecule has 1 aliphatic heterocycles. The first-order valence-corrected chi connectivity index (χ1v) is 10.7. The summed E-state index contributed by atoms with van der Waals surface area (Å²) < 4.78 is 16.4. The summed E-state index contributed by atoms with van der Waals surface area (Å²) in [5, 5.41) is 3.47. The minimum atomic E-state index is -0.488. The lowest BCUT2D eigenvalue weighted by Gasteiger charge is -2.37. The highest BCUT2D eigenvalue weighted by Gasteiger charge is 2.34. The maximum Gasteiger partial charge on any atom is 0.322 e. The van der Waals surface area contributed by atoms with Crippen LogP contribution < -0.4 is 14.8 Å². The van der Waals surface area contributed by atoms with Gasteiger partial charge in [-0.15, -0.1) is 0 Å². The molecule has 31 heavy (non-hydrogen) atoms. The maximum absolute atomic E-state index is 13.1. The Kier molecular flexibility index (Phi) is 7.63. The van der Waals surface area contributed by atoms with Crippen molar-refractivity contribution in [2.24, 2.45) is 0 Å². The van der Waals surface area contributed by atoms with Crippen LogP contribution in [-0.2, 0) is 16.0 Å². The number of benzene rings is 2. The molecule has 0 spiro atoms. The molecule has 0 saturated heterocycles. The molecule has 8 heteroatoms. The third kappa shape index (κ3) is 5.41. The molecule has 0 unspecified atom stereocenters. The zero-order chi connectivity index (χ0) is 22.4. The van der Waals surface area contributed by atoms with Gasteiger partial charge < -0.3 is 24.4 Å². The second-order valence-electron chi connectivity index (χ2n) is 7.04. The van der Waals surface area contributed by atoms with E-state index in [1.165, 1.54) is 7.11 Å². The fourth-order valence-electron chi connectivity index (χ4n) is 3.68.